The van der Waals surface area contributed by atoms with Gasteiger partial charge in [0.1, 0.15) is 18.6 Å². The number of aliphatic hydroxyl groups excluding tert-OH is 1. The maximum Gasteiger partial charge on any atom is 0.331 e. The normalized spacial score (nSPS) is 24.8. The summed E-state index contributed by atoms with van der Waals surface area (Å²) in [7, 11) is 3.08. The van der Waals surface area contributed by atoms with Gasteiger partial charge in [0.15, 0.2) is 40.0 Å². The van der Waals surface area contributed by atoms with Crippen molar-refractivity contribution in [3.63, 3.8) is 0 Å². The van der Waals surface area contributed by atoms with E-state index in [1.54, 1.807) is 19.2 Å². The highest BCUT2D eigenvalue weighted by molar-refractivity contribution is 7.99. The number of nitrogens with zero attached hydrogens (tertiary/aromatic N) is 1. The molecule has 384 valence electrons. The molecule has 0 radical (unpaired) electrons. The lowest BCUT2D eigenvalue weighted by molar-refractivity contribution is -0.164. The average Bonchev–Trinajstić information content (AvgIpc) is 3.85. The minimum Gasteiger partial charge on any atom is -0.493 e. The van der Waals surface area contributed by atoms with Crippen LogP contribution in [0.15, 0.2) is 18.2 Å². The van der Waals surface area contributed by atoms with Gasteiger partial charge >= 0.3 is 23.9 Å². The van der Waals surface area contributed by atoms with E-state index in [1.165, 1.54) is 25.8 Å². The SMILES string of the molecule is CCCCCCCC(=O)Oc1cc2c(cc1OC)[C@@]1(CS[C@@H]3c4c(OC(C)=O)c(C)c5c(c4[C@H](COC1=O)N1C3[C@@H]3N[C@@H](Cc4cc(C)c(OC)c(OC(=O)CCCCCCC)c43)[C@@H]1O)OCO5)NCC2. The number of unbranched alkanes of at least 4 members (excludes halogenated alkanes) is 8. The van der Waals surface area contributed by atoms with E-state index in [9.17, 15) is 19.5 Å². The van der Waals surface area contributed by atoms with Crippen molar-refractivity contribution in [1.82, 2.24) is 15.5 Å². The summed E-state index contributed by atoms with van der Waals surface area (Å²) in [6.45, 7) is 9.50. The first kappa shape index (κ1) is 50.9. The standard InChI is InChI=1S/C54H69N3O13S/c1-8-10-12-14-16-18-39(59)69-38-24-32-20-21-55-54(34(32)25-37(38)63-6)27-71-51-43-42(49-48(66-28-67-49)30(4)47(43)68-31(5)58)36(26-65-53(54)62)57-45(51)44-41-33(23-35(56-44)52(57)61)22-29(3)46(64-7)50(41)70-40(60)19-17-15-13-11-9-2/h22,24-25,35-36,44-45,51-52,55-56,61H,8-21,23,26-28H2,1-7H3/t35-,36-,44+,45?,51+,52-,54+/m0/s1. The van der Waals surface area contributed by atoms with Crippen molar-refractivity contribution in [1.29, 1.82) is 0 Å². The van der Waals surface area contributed by atoms with E-state index in [0.717, 1.165) is 80.0 Å². The summed E-state index contributed by atoms with van der Waals surface area (Å²) in [5.74, 6) is 0.840. The molecule has 10 rings (SSSR count). The minimum atomic E-state index is -1.44. The van der Waals surface area contributed by atoms with Gasteiger partial charge in [-0.05, 0) is 73.9 Å². The van der Waals surface area contributed by atoms with Gasteiger partial charge in [-0.2, -0.15) is 0 Å². The molecule has 2 fully saturated rings. The van der Waals surface area contributed by atoms with E-state index in [0.29, 0.717) is 82.6 Å². The predicted molar refractivity (Wildman–Crippen MR) is 265 cm³/mol. The maximum atomic E-state index is 15.2. The lowest BCUT2D eigenvalue weighted by Crippen LogP contribution is -2.70. The number of thioether (sulfide) groups is 1. The summed E-state index contributed by atoms with van der Waals surface area (Å²) >= 11 is 1.46. The zero-order chi connectivity index (χ0) is 50.1. The molecule has 7 atom stereocenters. The molecule has 1 unspecified atom stereocenters. The van der Waals surface area contributed by atoms with E-state index < -0.39 is 53.1 Å². The van der Waals surface area contributed by atoms with Crippen LogP contribution in [0.1, 0.15) is 160 Å². The Kier molecular flexibility index (Phi) is 15.4. The zero-order valence-corrected chi connectivity index (χ0v) is 42.9. The highest BCUT2D eigenvalue weighted by Crippen LogP contribution is 2.63. The number of nitrogens with one attached hydrogen (secondary N) is 2. The van der Waals surface area contributed by atoms with Crippen LogP contribution in [0.2, 0.25) is 0 Å². The number of aliphatic hydroxyl groups is 1. The summed E-state index contributed by atoms with van der Waals surface area (Å²) in [5, 5.41) is 19.5. The van der Waals surface area contributed by atoms with Gasteiger partial charge in [-0.3, -0.25) is 24.6 Å². The average molecular weight is 1000 g/mol. The molecule has 0 aliphatic carbocycles. The van der Waals surface area contributed by atoms with Crippen LogP contribution >= 0.6 is 11.8 Å². The Bertz CT molecular complexity index is 2550. The Labute approximate surface area is 420 Å². The van der Waals surface area contributed by atoms with Crippen LogP contribution < -0.4 is 43.8 Å². The number of aryl methyl sites for hydroxylation is 1. The number of hydrogen-bond acceptors (Lipinski definition) is 17. The van der Waals surface area contributed by atoms with Gasteiger partial charge in [0.2, 0.25) is 6.79 Å². The molecule has 3 aromatic rings. The number of esters is 4. The first-order valence-corrected chi connectivity index (χ1v) is 26.6. The number of carbonyl (C=O) groups is 4. The third-order valence-corrected chi connectivity index (χ3v) is 16.6. The Morgan fingerprint density at radius 3 is 2.20 bits per heavy atom. The van der Waals surface area contributed by atoms with Crippen molar-refractivity contribution >= 4 is 35.6 Å². The quantitative estimate of drug-likeness (QED) is 0.0666. The van der Waals surface area contributed by atoms with Crippen LogP contribution in [0, 0.1) is 13.8 Å². The molecule has 3 N–H and O–H groups in total. The highest BCUT2D eigenvalue weighted by atomic mass is 32.2. The molecule has 4 bridgehead atoms. The van der Waals surface area contributed by atoms with Gasteiger partial charge in [-0.1, -0.05) is 71.3 Å². The molecule has 17 heteroatoms. The second kappa shape index (κ2) is 21.6. The fraction of sp³-hybridized carbons (Fsp3) is 0.593. The summed E-state index contributed by atoms with van der Waals surface area (Å²) < 4.78 is 49.5. The van der Waals surface area contributed by atoms with Crippen LogP contribution in [0.5, 0.6) is 40.2 Å². The third-order valence-electron chi connectivity index (χ3n) is 15.1. The van der Waals surface area contributed by atoms with E-state index in [1.807, 2.05) is 18.7 Å². The number of carbonyl (C=O) groups excluding carboxylic acids is 4. The predicted octanol–water partition coefficient (Wildman–Crippen LogP) is 8.19. The molecule has 7 heterocycles. The van der Waals surface area contributed by atoms with Crippen LogP contribution in [0.25, 0.3) is 0 Å². The summed E-state index contributed by atoms with van der Waals surface area (Å²) in [6, 6.07) is 3.05. The number of rotatable bonds is 17. The molecular weight excluding hydrogens is 931 g/mol. The smallest absolute Gasteiger partial charge is 0.331 e. The van der Waals surface area contributed by atoms with Gasteiger partial charge in [-0.25, -0.2) is 4.79 Å². The summed E-state index contributed by atoms with van der Waals surface area (Å²) in [4.78, 5) is 57.4. The fourth-order valence-corrected chi connectivity index (χ4v) is 13.5. The van der Waals surface area contributed by atoms with Gasteiger partial charge in [0, 0.05) is 60.4 Å². The van der Waals surface area contributed by atoms with Crippen molar-refractivity contribution in [2.24, 2.45) is 0 Å². The molecule has 7 aliphatic rings. The minimum absolute atomic E-state index is 0.0863. The first-order valence-electron chi connectivity index (χ1n) is 25.6. The number of ether oxygens (including phenoxy) is 8. The van der Waals surface area contributed by atoms with Gasteiger partial charge in [-0.15, -0.1) is 11.8 Å². The topological polar surface area (TPSA) is 190 Å². The number of piperazine rings is 1. The van der Waals surface area contributed by atoms with Crippen molar-refractivity contribution in [2.75, 3.05) is 39.9 Å². The van der Waals surface area contributed by atoms with Crippen molar-refractivity contribution < 1.29 is 62.2 Å². The molecule has 0 amide bonds. The first-order chi connectivity index (χ1) is 34.3. The molecule has 0 saturated carbocycles. The number of methoxy groups -OCH3 is 2. The van der Waals surface area contributed by atoms with Crippen LogP contribution in [0.4, 0.5) is 0 Å². The number of benzene rings is 3. The van der Waals surface area contributed by atoms with Gasteiger partial charge < -0.3 is 48.3 Å². The molecule has 1 spiro atoms. The number of fused-ring (bicyclic) bond motifs is 9. The van der Waals surface area contributed by atoms with E-state index in [2.05, 4.69) is 30.5 Å². The second-order valence-electron chi connectivity index (χ2n) is 19.7. The lowest BCUT2D eigenvalue weighted by Gasteiger charge is -2.59. The summed E-state index contributed by atoms with van der Waals surface area (Å²) in [5.41, 5.74) is 4.26. The monoisotopic (exact) mass is 999 g/mol. The van der Waals surface area contributed by atoms with Crippen LogP contribution in [-0.4, -0.2) is 92.1 Å². The summed E-state index contributed by atoms with van der Waals surface area (Å²) in [6.07, 6.45) is 10.1. The highest BCUT2D eigenvalue weighted by Gasteiger charge is 2.60. The molecular formula is C54H69N3O13S. The van der Waals surface area contributed by atoms with Gasteiger partial charge in [0.25, 0.3) is 0 Å². The zero-order valence-electron chi connectivity index (χ0n) is 42.1. The Hall–Kier alpha value is -5.07. The maximum absolute atomic E-state index is 15.2. The molecule has 71 heavy (non-hydrogen) atoms. The van der Waals surface area contributed by atoms with E-state index in [-0.39, 0.29) is 49.7 Å². The van der Waals surface area contributed by atoms with Crippen LogP contribution in [-0.2, 0) is 42.3 Å². The molecule has 3 aromatic carbocycles. The van der Waals surface area contributed by atoms with E-state index >= 15 is 4.79 Å². The molecule has 7 aliphatic heterocycles. The van der Waals surface area contributed by atoms with Crippen molar-refractivity contribution in [3.8, 4) is 40.2 Å². The Morgan fingerprint density at radius 2 is 1.51 bits per heavy atom. The van der Waals surface area contributed by atoms with Crippen molar-refractivity contribution in [2.45, 2.75) is 166 Å². The number of hydrogen-bond donors (Lipinski definition) is 3. The second-order valence-corrected chi connectivity index (χ2v) is 20.9. The Balaban J connectivity index is 1.17. The molecule has 0 aromatic heterocycles. The largest absolute Gasteiger partial charge is 0.493 e. The molecule has 2 saturated heterocycles. The molecule has 16 nitrogen and oxygen atoms in total. The van der Waals surface area contributed by atoms with E-state index in [4.69, 9.17) is 37.9 Å². The van der Waals surface area contributed by atoms with Gasteiger partial charge in [0.05, 0.1) is 37.6 Å². The van der Waals surface area contributed by atoms with Crippen molar-refractivity contribution in [3.05, 3.63) is 62.7 Å². The third kappa shape index (κ3) is 9.45. The Morgan fingerprint density at radius 1 is 0.803 bits per heavy atom. The fourth-order valence-electron chi connectivity index (χ4n) is 11.8. The van der Waals surface area contributed by atoms with Crippen LogP contribution in [0.3, 0.4) is 0 Å². The lowest BCUT2D eigenvalue weighted by atomic mass is 9.74.